The fraction of sp³-hybridized carbons (Fsp3) is 0.455. The van der Waals surface area contributed by atoms with Crippen molar-refractivity contribution in [2.45, 2.75) is 44.6 Å². The number of benzene rings is 1. The number of hydrogen-bond donors (Lipinski definition) is 0. The van der Waals surface area contributed by atoms with Crippen LogP contribution in [0, 0.1) is 6.92 Å². The number of aryl methyl sites for hydroxylation is 1. The number of piperidine rings is 1. The molecular formula is C22H26N2O2. The van der Waals surface area contributed by atoms with Gasteiger partial charge >= 0.3 is 0 Å². The van der Waals surface area contributed by atoms with Crippen LogP contribution in [0.1, 0.15) is 59.3 Å². The molecule has 1 saturated heterocycles. The first-order valence-electron chi connectivity index (χ1n) is 9.55. The molecule has 136 valence electrons. The Balaban J connectivity index is 1.55. The zero-order valence-corrected chi connectivity index (χ0v) is 15.6. The number of fused-ring (bicyclic) bond motifs is 2. The second-order valence-corrected chi connectivity index (χ2v) is 7.55. The molecule has 1 atom stereocenters. The number of hydrogen-bond acceptors (Lipinski definition) is 3. The topological polar surface area (TPSA) is 42.4 Å². The van der Waals surface area contributed by atoms with Crippen LogP contribution in [0.2, 0.25) is 0 Å². The lowest BCUT2D eigenvalue weighted by Gasteiger charge is -2.40. The van der Waals surface area contributed by atoms with E-state index < -0.39 is 0 Å². The number of rotatable bonds is 3. The zero-order valence-electron chi connectivity index (χ0n) is 15.6. The van der Waals surface area contributed by atoms with Gasteiger partial charge in [-0.25, -0.2) is 0 Å². The molecule has 1 aliphatic heterocycles. The molecule has 0 unspecified atom stereocenters. The Morgan fingerprint density at radius 3 is 2.81 bits per heavy atom. The average Bonchev–Trinajstić information content (AvgIpc) is 2.95. The lowest BCUT2D eigenvalue weighted by molar-refractivity contribution is 0.0381. The third kappa shape index (κ3) is 2.92. The van der Waals surface area contributed by atoms with E-state index in [1.54, 1.807) is 12.4 Å². The molecule has 2 aliphatic rings. The number of aromatic nitrogens is 1. The summed E-state index contributed by atoms with van der Waals surface area (Å²) in [5, 5.41) is 0. The second-order valence-electron chi connectivity index (χ2n) is 7.55. The first-order valence-corrected chi connectivity index (χ1v) is 9.55. The summed E-state index contributed by atoms with van der Waals surface area (Å²) < 4.78 is 6.05. The van der Waals surface area contributed by atoms with Crippen LogP contribution < -0.4 is 0 Å². The zero-order chi connectivity index (χ0) is 18.1. The van der Waals surface area contributed by atoms with Gasteiger partial charge in [0.05, 0.1) is 11.7 Å². The van der Waals surface area contributed by atoms with E-state index in [1.165, 1.54) is 16.7 Å². The van der Waals surface area contributed by atoms with Crippen LogP contribution in [0.3, 0.4) is 0 Å². The lowest BCUT2D eigenvalue weighted by atomic mass is 9.73. The van der Waals surface area contributed by atoms with Crippen LogP contribution in [0.5, 0.6) is 0 Å². The van der Waals surface area contributed by atoms with Gasteiger partial charge in [-0.15, -0.1) is 0 Å². The number of nitrogens with zero attached hydrogens (tertiary/aromatic N) is 2. The summed E-state index contributed by atoms with van der Waals surface area (Å²) in [6.07, 6.45) is 6.59. The minimum absolute atomic E-state index is 0.0942. The van der Waals surface area contributed by atoms with Crippen LogP contribution in [0.25, 0.3) is 0 Å². The van der Waals surface area contributed by atoms with Gasteiger partial charge in [-0.1, -0.05) is 23.8 Å². The van der Waals surface area contributed by atoms with Crippen molar-refractivity contribution in [3.8, 4) is 0 Å². The van der Waals surface area contributed by atoms with Crippen molar-refractivity contribution in [2.24, 2.45) is 0 Å². The molecule has 0 N–H and O–H groups in total. The highest BCUT2D eigenvalue weighted by Crippen LogP contribution is 2.52. The normalized spacial score (nSPS) is 21.0. The van der Waals surface area contributed by atoms with Gasteiger partial charge < -0.3 is 9.64 Å². The van der Waals surface area contributed by atoms with E-state index >= 15 is 0 Å². The van der Waals surface area contributed by atoms with Gasteiger partial charge in [-0.3, -0.25) is 9.78 Å². The van der Waals surface area contributed by atoms with Crippen LogP contribution in [-0.2, 0) is 10.2 Å². The molecule has 2 aromatic rings. The highest BCUT2D eigenvalue weighted by atomic mass is 16.5. The van der Waals surface area contributed by atoms with Gasteiger partial charge in [-0.05, 0) is 56.4 Å². The van der Waals surface area contributed by atoms with Crippen LogP contribution in [-0.4, -0.2) is 35.5 Å². The van der Waals surface area contributed by atoms with Crippen molar-refractivity contribution >= 4 is 5.91 Å². The third-order valence-corrected chi connectivity index (χ3v) is 5.99. The maximum absolute atomic E-state index is 12.7. The quantitative estimate of drug-likeness (QED) is 0.839. The van der Waals surface area contributed by atoms with Gasteiger partial charge in [0.25, 0.3) is 5.91 Å². The third-order valence-electron chi connectivity index (χ3n) is 5.99. The number of ether oxygens (including phenoxy) is 1. The van der Waals surface area contributed by atoms with Gasteiger partial charge in [0, 0.05) is 37.5 Å². The Labute approximate surface area is 155 Å². The molecule has 0 bridgehead atoms. The first-order chi connectivity index (χ1) is 12.6. The summed E-state index contributed by atoms with van der Waals surface area (Å²) in [5.74, 6) is 0.0942. The summed E-state index contributed by atoms with van der Waals surface area (Å²) in [6, 6.07) is 10.4. The van der Waals surface area contributed by atoms with E-state index in [2.05, 4.69) is 37.0 Å². The molecule has 0 radical (unpaired) electrons. The van der Waals surface area contributed by atoms with Crippen molar-refractivity contribution in [2.75, 3.05) is 19.7 Å². The molecule has 26 heavy (non-hydrogen) atoms. The molecule has 4 nitrogen and oxygen atoms in total. The molecular weight excluding hydrogens is 324 g/mol. The van der Waals surface area contributed by atoms with E-state index in [4.69, 9.17) is 4.74 Å². The predicted octanol–water partition coefficient (Wildman–Crippen LogP) is 4.05. The summed E-state index contributed by atoms with van der Waals surface area (Å²) in [6.45, 7) is 6.54. The van der Waals surface area contributed by atoms with Crippen LogP contribution >= 0.6 is 0 Å². The van der Waals surface area contributed by atoms with Crippen molar-refractivity contribution in [1.29, 1.82) is 0 Å². The Morgan fingerprint density at radius 2 is 2.12 bits per heavy atom. The Kier molecular flexibility index (Phi) is 4.53. The average molecular weight is 350 g/mol. The summed E-state index contributed by atoms with van der Waals surface area (Å²) >= 11 is 0. The Bertz CT molecular complexity index is 795. The molecule has 1 spiro atoms. The summed E-state index contributed by atoms with van der Waals surface area (Å²) in [4.78, 5) is 18.8. The molecule has 4 heteroatoms. The van der Waals surface area contributed by atoms with Crippen molar-refractivity contribution < 1.29 is 9.53 Å². The Hall–Kier alpha value is -2.20. The molecule has 1 amide bonds. The van der Waals surface area contributed by atoms with E-state index in [0.29, 0.717) is 5.56 Å². The minimum Gasteiger partial charge on any atom is -0.374 e. The molecule has 0 saturated carbocycles. The van der Waals surface area contributed by atoms with E-state index in [-0.39, 0.29) is 17.4 Å². The molecule has 1 aromatic heterocycles. The van der Waals surface area contributed by atoms with Crippen LogP contribution in [0.15, 0.2) is 42.7 Å². The highest BCUT2D eigenvalue weighted by molar-refractivity contribution is 5.93. The standard InChI is InChI=1S/C22H26N2O2/c1-3-26-20-14-22(19-13-16(2)6-7-18(19)20)8-11-24(12-9-22)21(25)17-5-4-10-23-15-17/h4-7,10,13,15,20H,3,8-9,11-12,14H2,1-2H3/t20-/m1/s1. The molecule has 2 heterocycles. The summed E-state index contributed by atoms with van der Waals surface area (Å²) in [7, 11) is 0. The maximum atomic E-state index is 12.7. The second kappa shape index (κ2) is 6.84. The van der Waals surface area contributed by atoms with E-state index in [1.807, 2.05) is 17.0 Å². The minimum atomic E-state index is 0.0942. The lowest BCUT2D eigenvalue weighted by Crippen LogP contribution is -2.44. The molecule has 1 aliphatic carbocycles. The van der Waals surface area contributed by atoms with E-state index in [9.17, 15) is 4.79 Å². The SMILES string of the molecule is CCO[C@@H]1CC2(CCN(C(=O)c3cccnc3)CC2)c2cc(C)ccc21. The monoisotopic (exact) mass is 350 g/mol. The van der Waals surface area contributed by atoms with Gasteiger partial charge in [0.15, 0.2) is 0 Å². The highest BCUT2D eigenvalue weighted by Gasteiger charge is 2.46. The number of amides is 1. The van der Waals surface area contributed by atoms with Crippen molar-refractivity contribution in [3.63, 3.8) is 0 Å². The molecule has 1 aromatic carbocycles. The van der Waals surface area contributed by atoms with E-state index in [0.717, 1.165) is 39.0 Å². The number of carbonyl (C=O) groups is 1. The number of likely N-dealkylation sites (tertiary alicyclic amines) is 1. The smallest absolute Gasteiger partial charge is 0.255 e. The summed E-state index contributed by atoms with van der Waals surface area (Å²) in [5.41, 5.74) is 4.92. The maximum Gasteiger partial charge on any atom is 0.255 e. The van der Waals surface area contributed by atoms with Crippen LogP contribution in [0.4, 0.5) is 0 Å². The Morgan fingerprint density at radius 1 is 1.31 bits per heavy atom. The fourth-order valence-corrected chi connectivity index (χ4v) is 4.62. The largest absolute Gasteiger partial charge is 0.374 e. The number of carbonyl (C=O) groups excluding carboxylic acids is 1. The molecule has 1 fully saturated rings. The van der Waals surface area contributed by atoms with Gasteiger partial charge in [0.1, 0.15) is 0 Å². The predicted molar refractivity (Wildman–Crippen MR) is 101 cm³/mol. The van der Waals surface area contributed by atoms with Gasteiger partial charge in [0.2, 0.25) is 0 Å². The van der Waals surface area contributed by atoms with Crippen molar-refractivity contribution in [1.82, 2.24) is 9.88 Å². The first kappa shape index (κ1) is 17.2. The molecule has 4 rings (SSSR count). The number of pyridine rings is 1. The fourth-order valence-electron chi connectivity index (χ4n) is 4.62. The van der Waals surface area contributed by atoms with Gasteiger partial charge in [-0.2, -0.15) is 0 Å². The van der Waals surface area contributed by atoms with Crippen molar-refractivity contribution in [3.05, 3.63) is 65.0 Å².